The molecule has 2 aliphatic rings. The lowest BCUT2D eigenvalue weighted by atomic mass is 9.96. The molecule has 0 radical (unpaired) electrons. The van der Waals surface area contributed by atoms with Gasteiger partial charge in [0, 0.05) is 76.9 Å². The molecule has 0 aliphatic carbocycles. The second-order valence-electron chi connectivity index (χ2n) is 25.7. The fourth-order valence-corrected chi connectivity index (χ4v) is 20.9. The first-order valence-electron chi connectivity index (χ1n) is 31.8. The maximum absolute atomic E-state index is 5.74. The Morgan fingerprint density at radius 1 is 0.250 bits per heavy atom. The molecule has 12 aromatic carbocycles. The Morgan fingerprint density at radius 3 is 1.30 bits per heavy atom. The summed E-state index contributed by atoms with van der Waals surface area (Å²) in [6.45, 7) is 9.84. The molecular weight excluding hydrogens is 1150 g/mol. The maximum Gasteiger partial charge on any atom is 0.159 e. The second kappa shape index (κ2) is 20.7. The highest BCUT2D eigenvalue weighted by atomic mass is 28.3. The van der Waals surface area contributed by atoms with Gasteiger partial charge in [0.2, 0.25) is 0 Å². The minimum atomic E-state index is -2.51. The molecule has 6 heterocycles. The van der Waals surface area contributed by atoms with Crippen LogP contribution in [-0.2, 0) is 0 Å². The molecule has 8 heteroatoms. The van der Waals surface area contributed by atoms with E-state index in [1.165, 1.54) is 81.9 Å². The van der Waals surface area contributed by atoms with Gasteiger partial charge < -0.3 is 9.13 Å². The largest absolute Gasteiger partial charge is 0.309 e. The van der Waals surface area contributed by atoms with E-state index < -0.39 is 16.1 Å². The van der Waals surface area contributed by atoms with Crippen LogP contribution in [0.4, 0.5) is 0 Å². The van der Waals surface area contributed by atoms with Gasteiger partial charge >= 0.3 is 0 Å². The summed E-state index contributed by atoms with van der Waals surface area (Å²) in [4.78, 5) is 22.7. The first-order valence-corrected chi connectivity index (χ1v) is 37.8. The van der Waals surface area contributed by atoms with Crippen LogP contribution in [0.1, 0.15) is 0 Å². The molecule has 0 spiro atoms. The molecule has 0 fully saturated rings. The zero-order valence-corrected chi connectivity index (χ0v) is 53.4. The number of hydrogen-bond acceptors (Lipinski definition) is 4. The lowest BCUT2D eigenvalue weighted by Crippen LogP contribution is -2.51. The third-order valence-corrected chi connectivity index (χ3v) is 26.3. The van der Waals surface area contributed by atoms with Gasteiger partial charge in [-0.25, -0.2) is 19.9 Å². The number of aromatic nitrogens is 6. The average molecular weight is 1210 g/mol. The van der Waals surface area contributed by atoms with Crippen LogP contribution in [0.3, 0.4) is 0 Å². The number of benzene rings is 12. The van der Waals surface area contributed by atoms with Gasteiger partial charge in [0.15, 0.2) is 11.6 Å². The molecule has 2 aliphatic heterocycles. The lowest BCUT2D eigenvalue weighted by molar-refractivity contribution is 1.18. The van der Waals surface area contributed by atoms with Gasteiger partial charge in [-0.05, 0) is 134 Å². The molecule has 0 atom stereocenters. The molecule has 0 unspecified atom stereocenters. The Hall–Kier alpha value is -11.2. The Kier molecular flexibility index (Phi) is 12.1. The van der Waals surface area contributed by atoms with Crippen molar-refractivity contribution < 1.29 is 0 Å². The van der Waals surface area contributed by atoms with E-state index in [0.717, 1.165) is 95.0 Å². The number of fused-ring (bicyclic) bond motifs is 12. The highest BCUT2D eigenvalue weighted by Gasteiger charge is 2.43. The van der Waals surface area contributed by atoms with Crippen molar-refractivity contribution in [3.05, 3.63) is 291 Å². The quantitative estimate of drug-likeness (QED) is 0.135. The fraction of sp³-hybridized carbons (Fsp3) is 0.0476. The van der Waals surface area contributed by atoms with Gasteiger partial charge in [-0.3, -0.25) is 0 Å². The van der Waals surface area contributed by atoms with E-state index in [1.54, 1.807) is 0 Å². The van der Waals surface area contributed by atoms with Crippen molar-refractivity contribution >= 4 is 80.8 Å². The standard InChI is InChI=1S/C84H60N6Si2/c1-91(2)75-35-20-18-33-67(75)77-80(60-27-21-26-57(48-60)54-24-11-6-12-25-54)86-82(87-83(77)91)62-43-47-73-70(50-62)66-44-40-58(51-74(66)90(73)64-30-15-8-16-31-64)59-41-45-68-76(52-59)92(3,4)84-78(68)79(56-38-36-55(37-39-56)53-22-9-5-10-23-53)85-81(88-84)61-42-46-72-69(49-61)65-32-17-19-34-71(65)89(72)63-28-13-7-14-29-63/h5-52H,1-4H3. The second-order valence-corrected chi connectivity index (χ2v) is 34.3. The van der Waals surface area contributed by atoms with Crippen molar-refractivity contribution in [1.29, 1.82) is 0 Å². The summed E-state index contributed by atoms with van der Waals surface area (Å²) in [6, 6.07) is 106. The average Bonchev–Trinajstić information content (AvgIpc) is 1.57. The fourth-order valence-electron chi connectivity index (χ4n) is 15.1. The Labute approximate surface area is 536 Å². The van der Waals surface area contributed by atoms with Gasteiger partial charge in [-0.1, -0.05) is 239 Å². The smallest absolute Gasteiger partial charge is 0.159 e. The van der Waals surface area contributed by atoms with Crippen molar-refractivity contribution in [3.8, 4) is 112 Å². The van der Waals surface area contributed by atoms with Crippen LogP contribution in [0, 0.1) is 0 Å². The van der Waals surface area contributed by atoms with Crippen LogP contribution < -0.4 is 21.0 Å². The number of para-hydroxylation sites is 3. The van der Waals surface area contributed by atoms with Gasteiger partial charge in [-0.15, -0.1) is 0 Å². The zero-order valence-electron chi connectivity index (χ0n) is 51.4. The summed E-state index contributed by atoms with van der Waals surface area (Å²) in [5, 5.41) is 9.82. The van der Waals surface area contributed by atoms with Crippen LogP contribution in [0.25, 0.3) is 156 Å². The van der Waals surface area contributed by atoms with E-state index in [2.05, 4.69) is 327 Å². The van der Waals surface area contributed by atoms with Crippen LogP contribution in [0.5, 0.6) is 0 Å². The molecular formula is C84H60N6Si2. The van der Waals surface area contributed by atoms with Gasteiger partial charge in [0.25, 0.3) is 0 Å². The monoisotopic (exact) mass is 1210 g/mol. The van der Waals surface area contributed by atoms with Crippen LogP contribution in [0.15, 0.2) is 291 Å². The normalized spacial score (nSPS) is 13.4. The third kappa shape index (κ3) is 8.37. The summed E-state index contributed by atoms with van der Waals surface area (Å²) in [6.07, 6.45) is 0. The topological polar surface area (TPSA) is 61.4 Å². The molecule has 0 bridgehead atoms. The van der Waals surface area contributed by atoms with E-state index in [9.17, 15) is 0 Å². The molecule has 92 heavy (non-hydrogen) atoms. The number of rotatable bonds is 9. The first kappa shape index (κ1) is 53.8. The predicted octanol–water partition coefficient (Wildman–Crippen LogP) is 18.7. The molecule has 0 N–H and O–H groups in total. The number of hydrogen-bond donors (Lipinski definition) is 0. The minimum Gasteiger partial charge on any atom is -0.309 e. The predicted molar refractivity (Wildman–Crippen MR) is 389 cm³/mol. The van der Waals surface area contributed by atoms with Crippen molar-refractivity contribution in [2.75, 3.05) is 0 Å². The van der Waals surface area contributed by atoms with Crippen molar-refractivity contribution in [2.24, 2.45) is 0 Å². The highest BCUT2D eigenvalue weighted by Crippen LogP contribution is 2.44. The van der Waals surface area contributed by atoms with E-state index in [1.807, 2.05) is 0 Å². The molecule has 0 saturated heterocycles. The summed E-state index contributed by atoms with van der Waals surface area (Å²) in [5.41, 5.74) is 24.8. The molecule has 18 rings (SSSR count). The van der Waals surface area contributed by atoms with Gasteiger partial charge in [0.1, 0.15) is 16.1 Å². The molecule has 16 aromatic rings. The molecule has 0 amide bonds. The summed E-state index contributed by atoms with van der Waals surface area (Å²) in [5.74, 6) is 1.49. The zero-order chi connectivity index (χ0) is 61.4. The van der Waals surface area contributed by atoms with Crippen LogP contribution >= 0.6 is 0 Å². The van der Waals surface area contributed by atoms with Crippen molar-refractivity contribution in [2.45, 2.75) is 26.2 Å². The Balaban J connectivity index is 0.773. The van der Waals surface area contributed by atoms with E-state index >= 15 is 0 Å². The SMILES string of the molecule is C[Si]1(C)c2ccccc2-c2c(-c3cccc(-c4ccccc4)c3)nc(-c3ccc4c(c3)c3ccc(-c5ccc6c(c5)[Si](C)(C)c5nc(-c7ccc8c(c7)c7ccccc7n8-c7ccccc7)nc(-c7ccc(-c8ccccc8)cc7)c5-6)cc3n4-c3ccccc3)nc21. The Bertz CT molecular complexity index is 5680. The van der Waals surface area contributed by atoms with E-state index in [-0.39, 0.29) is 0 Å². The van der Waals surface area contributed by atoms with Gasteiger partial charge in [-0.2, -0.15) is 0 Å². The van der Waals surface area contributed by atoms with Crippen molar-refractivity contribution in [3.63, 3.8) is 0 Å². The molecule has 4 aromatic heterocycles. The minimum absolute atomic E-state index is 0.744. The van der Waals surface area contributed by atoms with E-state index in [0.29, 0.717) is 0 Å². The third-order valence-electron chi connectivity index (χ3n) is 19.7. The summed E-state index contributed by atoms with van der Waals surface area (Å²) in [7, 11) is -4.74. The van der Waals surface area contributed by atoms with Crippen LogP contribution in [-0.4, -0.2) is 45.2 Å². The summed E-state index contributed by atoms with van der Waals surface area (Å²) < 4.78 is 4.80. The lowest BCUT2D eigenvalue weighted by Gasteiger charge is -2.19. The molecule has 6 nitrogen and oxygen atoms in total. The maximum atomic E-state index is 5.74. The highest BCUT2D eigenvalue weighted by molar-refractivity contribution is 7.04. The number of nitrogens with zero attached hydrogens (tertiary/aromatic N) is 6. The van der Waals surface area contributed by atoms with Crippen molar-refractivity contribution in [1.82, 2.24) is 29.1 Å². The molecule has 0 saturated carbocycles. The first-order chi connectivity index (χ1) is 45.1. The molecule has 434 valence electrons. The van der Waals surface area contributed by atoms with Crippen LogP contribution in [0.2, 0.25) is 26.2 Å². The van der Waals surface area contributed by atoms with Gasteiger partial charge in [0.05, 0.1) is 33.5 Å². The van der Waals surface area contributed by atoms with E-state index in [4.69, 9.17) is 19.9 Å². The Morgan fingerprint density at radius 2 is 0.663 bits per heavy atom. The summed E-state index contributed by atoms with van der Waals surface area (Å²) >= 11 is 0.